The molecule has 0 radical (unpaired) electrons. The van der Waals surface area contributed by atoms with Gasteiger partial charge in [-0.1, -0.05) is 18.2 Å². The van der Waals surface area contributed by atoms with Crippen molar-refractivity contribution in [2.75, 3.05) is 12.4 Å². The number of carbonyl (C=O) groups excluding carboxylic acids is 1. The molecule has 0 saturated heterocycles. The predicted molar refractivity (Wildman–Crippen MR) is 70.7 cm³/mol. The Balaban J connectivity index is 2.17. The minimum absolute atomic E-state index is 0.0922. The summed E-state index contributed by atoms with van der Waals surface area (Å²) in [6.45, 7) is 0.310. The number of amides is 1. The van der Waals surface area contributed by atoms with Crippen molar-refractivity contribution in [3.8, 4) is 0 Å². The molecular weight excluding hydrogens is 262 g/mol. The van der Waals surface area contributed by atoms with Gasteiger partial charge in [-0.2, -0.15) is 5.10 Å². The standard InChI is InChI=1S/C13H13N3O4/c1-20-7-8-4-2-3-5-9(8)12(17)14-11-6-10(13(18)19)15-16-11/h2-6H,7H2,1H3,(H,18,19)(H2,14,15,16,17). The lowest BCUT2D eigenvalue weighted by molar-refractivity contribution is 0.0690. The van der Waals surface area contributed by atoms with E-state index in [2.05, 4.69) is 15.5 Å². The van der Waals surface area contributed by atoms with E-state index < -0.39 is 5.97 Å². The number of nitrogens with one attached hydrogen (secondary N) is 2. The molecule has 7 heteroatoms. The van der Waals surface area contributed by atoms with Gasteiger partial charge in [-0.3, -0.25) is 9.89 Å². The summed E-state index contributed by atoms with van der Waals surface area (Å²) in [6, 6.07) is 8.24. The molecule has 0 aliphatic carbocycles. The van der Waals surface area contributed by atoms with Crippen LogP contribution >= 0.6 is 0 Å². The van der Waals surface area contributed by atoms with Gasteiger partial charge in [0.1, 0.15) is 5.69 Å². The molecule has 3 N–H and O–H groups in total. The van der Waals surface area contributed by atoms with Gasteiger partial charge in [0, 0.05) is 18.7 Å². The average Bonchev–Trinajstić information content (AvgIpc) is 2.88. The Morgan fingerprint density at radius 1 is 1.40 bits per heavy atom. The van der Waals surface area contributed by atoms with Crippen LogP contribution in [0.4, 0.5) is 5.82 Å². The number of carboxylic acid groups (broad SMARTS) is 1. The van der Waals surface area contributed by atoms with Gasteiger partial charge >= 0.3 is 5.97 Å². The topological polar surface area (TPSA) is 104 Å². The van der Waals surface area contributed by atoms with Gasteiger partial charge in [-0.15, -0.1) is 0 Å². The quantitative estimate of drug-likeness (QED) is 0.767. The van der Waals surface area contributed by atoms with Crippen molar-refractivity contribution in [3.63, 3.8) is 0 Å². The molecule has 2 aromatic rings. The average molecular weight is 275 g/mol. The number of aromatic carboxylic acids is 1. The van der Waals surface area contributed by atoms with Crippen LogP contribution < -0.4 is 5.32 Å². The van der Waals surface area contributed by atoms with E-state index in [4.69, 9.17) is 9.84 Å². The summed E-state index contributed by atoms with van der Waals surface area (Å²) in [5.41, 5.74) is 1.10. The zero-order valence-corrected chi connectivity index (χ0v) is 10.7. The van der Waals surface area contributed by atoms with E-state index in [9.17, 15) is 9.59 Å². The number of benzene rings is 1. The van der Waals surface area contributed by atoms with Crippen molar-refractivity contribution >= 4 is 17.7 Å². The van der Waals surface area contributed by atoms with Gasteiger partial charge in [-0.05, 0) is 11.6 Å². The molecule has 0 aliphatic rings. The van der Waals surface area contributed by atoms with Crippen LogP contribution in [0.25, 0.3) is 0 Å². The minimum Gasteiger partial charge on any atom is -0.477 e. The first-order valence-electron chi connectivity index (χ1n) is 5.78. The fraction of sp³-hybridized carbons (Fsp3) is 0.154. The Labute approximate surface area is 114 Å². The molecule has 0 spiro atoms. The first kappa shape index (κ1) is 13.8. The molecule has 7 nitrogen and oxygen atoms in total. The van der Waals surface area contributed by atoms with E-state index in [-0.39, 0.29) is 17.4 Å². The fourth-order valence-electron chi connectivity index (χ4n) is 1.70. The van der Waals surface area contributed by atoms with E-state index in [1.165, 1.54) is 6.07 Å². The molecule has 0 saturated carbocycles. The fourth-order valence-corrected chi connectivity index (χ4v) is 1.70. The molecule has 0 bridgehead atoms. The van der Waals surface area contributed by atoms with Crippen LogP contribution in [0.3, 0.4) is 0 Å². The van der Waals surface area contributed by atoms with Crippen molar-refractivity contribution < 1.29 is 19.4 Å². The summed E-state index contributed by atoms with van der Waals surface area (Å²) in [5.74, 6) is -1.36. The highest BCUT2D eigenvalue weighted by molar-refractivity contribution is 6.05. The smallest absolute Gasteiger partial charge is 0.353 e. The third-order valence-corrected chi connectivity index (χ3v) is 2.61. The number of anilines is 1. The summed E-state index contributed by atoms with van der Waals surface area (Å²) in [4.78, 5) is 22.8. The third kappa shape index (κ3) is 3.01. The van der Waals surface area contributed by atoms with Gasteiger partial charge in [0.05, 0.1) is 6.61 Å². The number of ether oxygens (including phenoxy) is 1. The number of hydrogen-bond acceptors (Lipinski definition) is 4. The molecule has 1 amide bonds. The highest BCUT2D eigenvalue weighted by Crippen LogP contribution is 2.13. The summed E-state index contributed by atoms with van der Waals surface area (Å²) >= 11 is 0. The zero-order valence-electron chi connectivity index (χ0n) is 10.7. The molecule has 0 fully saturated rings. The molecule has 2 rings (SSSR count). The molecule has 1 aromatic heterocycles. The Hall–Kier alpha value is -2.67. The lowest BCUT2D eigenvalue weighted by Crippen LogP contribution is -2.14. The molecular formula is C13H13N3O4. The minimum atomic E-state index is -1.14. The summed E-state index contributed by atoms with van der Waals surface area (Å²) in [6.07, 6.45) is 0. The van der Waals surface area contributed by atoms with E-state index in [1.54, 1.807) is 25.3 Å². The number of aromatic nitrogens is 2. The zero-order chi connectivity index (χ0) is 14.5. The largest absolute Gasteiger partial charge is 0.477 e. The number of H-pyrrole nitrogens is 1. The van der Waals surface area contributed by atoms with E-state index >= 15 is 0 Å². The third-order valence-electron chi connectivity index (χ3n) is 2.61. The van der Waals surface area contributed by atoms with Gasteiger partial charge < -0.3 is 15.2 Å². The number of rotatable bonds is 5. The molecule has 0 aliphatic heterocycles. The van der Waals surface area contributed by atoms with Crippen molar-refractivity contribution in [1.82, 2.24) is 10.2 Å². The van der Waals surface area contributed by atoms with Crippen LogP contribution in [0.1, 0.15) is 26.4 Å². The Bertz CT molecular complexity index is 636. The van der Waals surface area contributed by atoms with Crippen molar-refractivity contribution in [3.05, 3.63) is 47.2 Å². The molecule has 0 atom stereocenters. The molecule has 20 heavy (non-hydrogen) atoms. The van der Waals surface area contributed by atoms with Crippen LogP contribution in [0.15, 0.2) is 30.3 Å². The van der Waals surface area contributed by atoms with Gasteiger partial charge in [0.25, 0.3) is 5.91 Å². The molecule has 1 aromatic carbocycles. The van der Waals surface area contributed by atoms with E-state index in [1.807, 2.05) is 6.07 Å². The van der Waals surface area contributed by atoms with Gasteiger partial charge in [-0.25, -0.2) is 4.79 Å². The second kappa shape index (κ2) is 5.98. The monoisotopic (exact) mass is 275 g/mol. The van der Waals surface area contributed by atoms with Crippen molar-refractivity contribution in [1.29, 1.82) is 0 Å². The van der Waals surface area contributed by atoms with Gasteiger partial charge in [0.15, 0.2) is 5.82 Å². The van der Waals surface area contributed by atoms with E-state index in [0.717, 1.165) is 5.56 Å². The van der Waals surface area contributed by atoms with Gasteiger partial charge in [0.2, 0.25) is 0 Å². The second-order valence-corrected chi connectivity index (χ2v) is 4.02. The van der Waals surface area contributed by atoms with Crippen LogP contribution in [0.2, 0.25) is 0 Å². The maximum Gasteiger partial charge on any atom is 0.353 e. The number of nitrogens with zero attached hydrogens (tertiary/aromatic N) is 1. The number of methoxy groups -OCH3 is 1. The Kier molecular flexibility index (Phi) is 4.11. The number of carbonyl (C=O) groups is 2. The summed E-state index contributed by atoms with van der Waals surface area (Å²) in [5, 5.41) is 17.3. The van der Waals surface area contributed by atoms with Crippen LogP contribution in [-0.2, 0) is 11.3 Å². The second-order valence-electron chi connectivity index (χ2n) is 4.02. The summed E-state index contributed by atoms with van der Waals surface area (Å²) < 4.78 is 5.02. The van der Waals surface area contributed by atoms with Crippen LogP contribution in [0.5, 0.6) is 0 Å². The summed E-state index contributed by atoms with van der Waals surface area (Å²) in [7, 11) is 1.54. The normalized spacial score (nSPS) is 10.2. The molecule has 0 unspecified atom stereocenters. The first-order valence-corrected chi connectivity index (χ1v) is 5.78. The lowest BCUT2D eigenvalue weighted by Gasteiger charge is -2.07. The van der Waals surface area contributed by atoms with Crippen molar-refractivity contribution in [2.24, 2.45) is 0 Å². The highest BCUT2D eigenvalue weighted by atomic mass is 16.5. The number of hydrogen-bond donors (Lipinski definition) is 3. The molecule has 104 valence electrons. The maximum absolute atomic E-state index is 12.1. The SMILES string of the molecule is COCc1ccccc1C(=O)Nc1cc(C(=O)O)[nH]n1. The Morgan fingerprint density at radius 3 is 2.80 bits per heavy atom. The maximum atomic E-state index is 12.1. The number of carboxylic acids is 1. The highest BCUT2D eigenvalue weighted by Gasteiger charge is 2.14. The van der Waals surface area contributed by atoms with Crippen molar-refractivity contribution in [2.45, 2.75) is 6.61 Å². The first-order chi connectivity index (χ1) is 9.61. The van der Waals surface area contributed by atoms with E-state index in [0.29, 0.717) is 12.2 Å². The molecule has 1 heterocycles. The number of aromatic amines is 1. The van der Waals surface area contributed by atoms with Crippen LogP contribution in [-0.4, -0.2) is 34.3 Å². The van der Waals surface area contributed by atoms with Crippen LogP contribution in [0, 0.1) is 0 Å². The Morgan fingerprint density at radius 2 is 2.15 bits per heavy atom. The lowest BCUT2D eigenvalue weighted by atomic mass is 10.1. The predicted octanol–water partition coefficient (Wildman–Crippen LogP) is 1.51.